The second-order valence-corrected chi connectivity index (χ2v) is 7.00. The van der Waals surface area contributed by atoms with Crippen LogP contribution in [-0.4, -0.2) is 26.6 Å². The summed E-state index contributed by atoms with van der Waals surface area (Å²) in [5.41, 5.74) is -0.151. The van der Waals surface area contributed by atoms with Crippen molar-refractivity contribution in [3.8, 4) is 5.75 Å². The molecule has 0 saturated heterocycles. The minimum atomic E-state index is -0.613. The molecule has 0 unspecified atom stereocenters. The van der Waals surface area contributed by atoms with Gasteiger partial charge in [-0.3, -0.25) is 14.2 Å². The predicted octanol–water partition coefficient (Wildman–Crippen LogP) is 1.75. The summed E-state index contributed by atoms with van der Waals surface area (Å²) >= 11 is 0. The SMILES string of the molecule is CCCOc1c(CCC)cnc2c1c(=O)n(CC(=O)NCc1ccco1)c(=O)n2C. The number of rotatable bonds is 9. The van der Waals surface area contributed by atoms with Crippen molar-refractivity contribution in [3.63, 3.8) is 0 Å². The lowest BCUT2D eigenvalue weighted by atomic mass is 10.1. The van der Waals surface area contributed by atoms with E-state index in [1.165, 1.54) is 17.9 Å². The lowest BCUT2D eigenvalue weighted by Crippen LogP contribution is -2.43. The Kier molecular flexibility index (Phi) is 6.71. The maximum Gasteiger partial charge on any atom is 0.332 e. The van der Waals surface area contributed by atoms with Gasteiger partial charge in [0.05, 0.1) is 19.4 Å². The summed E-state index contributed by atoms with van der Waals surface area (Å²) in [7, 11) is 1.53. The highest BCUT2D eigenvalue weighted by molar-refractivity contribution is 5.83. The first-order chi connectivity index (χ1) is 14.5. The molecular formula is C21H26N4O5. The summed E-state index contributed by atoms with van der Waals surface area (Å²) in [4.78, 5) is 42.7. The van der Waals surface area contributed by atoms with E-state index in [-0.39, 0.29) is 17.6 Å². The van der Waals surface area contributed by atoms with E-state index in [2.05, 4.69) is 10.3 Å². The molecule has 0 aromatic carbocycles. The maximum atomic E-state index is 13.2. The summed E-state index contributed by atoms with van der Waals surface area (Å²) in [6.45, 7) is 4.19. The first kappa shape index (κ1) is 21.4. The Morgan fingerprint density at radius 1 is 1.27 bits per heavy atom. The second kappa shape index (κ2) is 9.43. The molecule has 1 N–H and O–H groups in total. The van der Waals surface area contributed by atoms with Gasteiger partial charge in [-0.15, -0.1) is 0 Å². The van der Waals surface area contributed by atoms with E-state index in [4.69, 9.17) is 9.15 Å². The average Bonchev–Trinajstić information content (AvgIpc) is 3.26. The first-order valence-corrected chi connectivity index (χ1v) is 10.0. The van der Waals surface area contributed by atoms with Crippen LogP contribution in [0.15, 0.2) is 38.6 Å². The topological polar surface area (TPSA) is 108 Å². The quantitative estimate of drug-likeness (QED) is 0.571. The van der Waals surface area contributed by atoms with Gasteiger partial charge < -0.3 is 14.5 Å². The van der Waals surface area contributed by atoms with Gasteiger partial charge in [-0.25, -0.2) is 14.3 Å². The van der Waals surface area contributed by atoms with E-state index in [9.17, 15) is 14.4 Å². The molecule has 0 aliphatic rings. The van der Waals surface area contributed by atoms with Crippen molar-refractivity contribution in [2.45, 2.75) is 46.2 Å². The molecule has 3 aromatic heterocycles. The Morgan fingerprint density at radius 2 is 2.07 bits per heavy atom. The van der Waals surface area contributed by atoms with Crippen molar-refractivity contribution in [3.05, 3.63) is 56.8 Å². The van der Waals surface area contributed by atoms with Gasteiger partial charge >= 0.3 is 5.69 Å². The van der Waals surface area contributed by atoms with E-state index in [1.807, 2.05) is 13.8 Å². The monoisotopic (exact) mass is 414 g/mol. The molecule has 160 valence electrons. The van der Waals surface area contributed by atoms with Gasteiger partial charge in [0, 0.05) is 18.8 Å². The second-order valence-electron chi connectivity index (χ2n) is 7.00. The normalized spacial score (nSPS) is 11.0. The van der Waals surface area contributed by atoms with E-state index >= 15 is 0 Å². The fourth-order valence-corrected chi connectivity index (χ4v) is 3.22. The molecule has 0 aliphatic carbocycles. The highest BCUT2D eigenvalue weighted by Crippen LogP contribution is 2.26. The number of aryl methyl sites for hydroxylation is 2. The van der Waals surface area contributed by atoms with Crippen molar-refractivity contribution >= 4 is 16.9 Å². The number of nitrogens with one attached hydrogen (secondary N) is 1. The van der Waals surface area contributed by atoms with E-state index < -0.39 is 23.7 Å². The fourth-order valence-electron chi connectivity index (χ4n) is 3.22. The molecule has 3 heterocycles. The van der Waals surface area contributed by atoms with Crippen LogP contribution in [0.4, 0.5) is 0 Å². The maximum absolute atomic E-state index is 13.2. The van der Waals surface area contributed by atoms with Crippen molar-refractivity contribution in [1.82, 2.24) is 19.4 Å². The van der Waals surface area contributed by atoms with Gasteiger partial charge in [0.25, 0.3) is 5.56 Å². The van der Waals surface area contributed by atoms with Crippen molar-refractivity contribution in [2.75, 3.05) is 6.61 Å². The number of hydrogen-bond acceptors (Lipinski definition) is 6. The average molecular weight is 414 g/mol. The molecule has 30 heavy (non-hydrogen) atoms. The fraction of sp³-hybridized carbons (Fsp3) is 0.429. The number of pyridine rings is 1. The highest BCUT2D eigenvalue weighted by atomic mass is 16.5. The molecule has 9 nitrogen and oxygen atoms in total. The zero-order valence-corrected chi connectivity index (χ0v) is 17.4. The first-order valence-electron chi connectivity index (χ1n) is 10.0. The molecule has 3 rings (SSSR count). The Labute approximate surface area is 173 Å². The van der Waals surface area contributed by atoms with Crippen LogP contribution in [-0.2, 0) is 31.4 Å². The lowest BCUT2D eigenvalue weighted by molar-refractivity contribution is -0.122. The summed E-state index contributed by atoms with van der Waals surface area (Å²) in [5.74, 6) is 0.540. The molecule has 0 fully saturated rings. The Morgan fingerprint density at radius 3 is 2.73 bits per heavy atom. The number of fused-ring (bicyclic) bond motifs is 1. The van der Waals surface area contributed by atoms with Gasteiger partial charge in [-0.1, -0.05) is 20.3 Å². The number of ether oxygens (including phenoxy) is 1. The van der Waals surface area contributed by atoms with E-state index in [1.54, 1.807) is 18.3 Å². The minimum Gasteiger partial charge on any atom is -0.492 e. The van der Waals surface area contributed by atoms with Gasteiger partial charge in [-0.05, 0) is 25.0 Å². The van der Waals surface area contributed by atoms with E-state index in [0.717, 1.165) is 23.0 Å². The van der Waals surface area contributed by atoms with Crippen LogP contribution < -0.4 is 21.3 Å². The van der Waals surface area contributed by atoms with Crippen LogP contribution in [0.5, 0.6) is 5.75 Å². The van der Waals surface area contributed by atoms with Crippen molar-refractivity contribution < 1.29 is 13.9 Å². The zero-order valence-electron chi connectivity index (χ0n) is 17.4. The zero-order chi connectivity index (χ0) is 21.7. The Hall–Kier alpha value is -3.36. The van der Waals surface area contributed by atoms with E-state index in [0.29, 0.717) is 24.5 Å². The van der Waals surface area contributed by atoms with Crippen LogP contribution in [0.2, 0.25) is 0 Å². The molecule has 9 heteroatoms. The number of carbonyl (C=O) groups is 1. The van der Waals surface area contributed by atoms with Crippen LogP contribution in [0, 0.1) is 0 Å². The third kappa shape index (κ3) is 4.29. The van der Waals surface area contributed by atoms with Crippen molar-refractivity contribution in [2.24, 2.45) is 7.05 Å². The molecule has 0 bridgehead atoms. The van der Waals surface area contributed by atoms with Crippen LogP contribution in [0.1, 0.15) is 38.0 Å². The third-order valence-corrected chi connectivity index (χ3v) is 4.69. The number of amides is 1. The van der Waals surface area contributed by atoms with Gasteiger partial charge in [-0.2, -0.15) is 0 Å². The number of aromatic nitrogens is 3. The number of nitrogens with zero attached hydrogens (tertiary/aromatic N) is 3. The third-order valence-electron chi connectivity index (χ3n) is 4.69. The minimum absolute atomic E-state index is 0.168. The molecule has 1 amide bonds. The van der Waals surface area contributed by atoms with Gasteiger partial charge in [0.2, 0.25) is 5.91 Å². The van der Waals surface area contributed by atoms with Crippen LogP contribution >= 0.6 is 0 Å². The standard InChI is InChI=1S/C21H26N4O5/c1-4-7-14-11-23-19-17(18(14)30-9-5-2)20(27)25(21(28)24(19)3)13-16(26)22-12-15-8-6-10-29-15/h6,8,10-11H,4-5,7,9,12-13H2,1-3H3,(H,22,26). The summed E-state index contributed by atoms with van der Waals surface area (Å²) in [5, 5.41) is 2.87. The summed E-state index contributed by atoms with van der Waals surface area (Å²) < 4.78 is 13.3. The summed E-state index contributed by atoms with van der Waals surface area (Å²) in [6, 6.07) is 3.43. The highest BCUT2D eigenvalue weighted by Gasteiger charge is 2.20. The Balaban J connectivity index is 2.04. The molecule has 0 saturated carbocycles. The molecular weight excluding hydrogens is 388 g/mol. The molecule has 0 spiro atoms. The number of hydrogen-bond donors (Lipinski definition) is 1. The summed E-state index contributed by atoms with van der Waals surface area (Å²) in [6.07, 6.45) is 5.46. The molecule has 0 atom stereocenters. The number of furan rings is 1. The van der Waals surface area contributed by atoms with Crippen molar-refractivity contribution in [1.29, 1.82) is 0 Å². The number of carbonyl (C=O) groups excluding carboxylic acids is 1. The van der Waals surface area contributed by atoms with Gasteiger partial charge in [0.1, 0.15) is 23.4 Å². The largest absolute Gasteiger partial charge is 0.492 e. The van der Waals surface area contributed by atoms with Crippen LogP contribution in [0.25, 0.3) is 11.0 Å². The molecule has 0 radical (unpaired) electrons. The van der Waals surface area contributed by atoms with Gasteiger partial charge in [0.15, 0.2) is 5.65 Å². The molecule has 0 aliphatic heterocycles. The smallest absolute Gasteiger partial charge is 0.332 e. The lowest BCUT2D eigenvalue weighted by Gasteiger charge is -2.16. The molecule has 3 aromatic rings. The predicted molar refractivity (Wildman–Crippen MR) is 112 cm³/mol. The Bertz CT molecular complexity index is 1140. The van der Waals surface area contributed by atoms with Crippen LogP contribution in [0.3, 0.4) is 0 Å².